The molecule has 17 heavy (non-hydrogen) atoms. The largest absolute Gasteiger partial charge is 0.363 e. The fraction of sp³-hybridized carbons (Fsp3) is 0.375. The Morgan fingerprint density at radius 1 is 1.35 bits per heavy atom. The topological polar surface area (TPSA) is 12.0 Å². The molecule has 92 valence electrons. The second-order valence-electron chi connectivity index (χ2n) is 5.45. The summed E-state index contributed by atoms with van der Waals surface area (Å²) in [7, 11) is 0. The van der Waals surface area contributed by atoms with Crippen molar-refractivity contribution in [1.29, 1.82) is 0 Å². The normalized spacial score (nSPS) is 19.2. The number of nitrogens with one attached hydrogen (secondary N) is 1. The van der Waals surface area contributed by atoms with E-state index in [4.69, 9.17) is 0 Å². The van der Waals surface area contributed by atoms with Gasteiger partial charge in [0.05, 0.1) is 0 Å². The third-order valence-corrected chi connectivity index (χ3v) is 2.69. The Bertz CT molecular complexity index is 417. The van der Waals surface area contributed by atoms with Crippen molar-refractivity contribution in [3.05, 3.63) is 60.0 Å². The summed E-state index contributed by atoms with van der Waals surface area (Å²) in [6.07, 6.45) is 9.32. The molecule has 1 aliphatic carbocycles. The van der Waals surface area contributed by atoms with Gasteiger partial charge in [-0.15, -0.1) is 0 Å². The summed E-state index contributed by atoms with van der Waals surface area (Å²) in [5.74, 6) is 0. The van der Waals surface area contributed by atoms with E-state index in [0.29, 0.717) is 5.41 Å². The molecule has 0 aromatic rings. The van der Waals surface area contributed by atoms with Crippen molar-refractivity contribution < 1.29 is 0 Å². The molecule has 0 radical (unpaired) electrons. The summed E-state index contributed by atoms with van der Waals surface area (Å²) in [5, 5.41) is 3.42. The Morgan fingerprint density at radius 3 is 2.41 bits per heavy atom. The van der Waals surface area contributed by atoms with Gasteiger partial charge in [-0.1, -0.05) is 45.2 Å². The second kappa shape index (κ2) is 5.22. The van der Waals surface area contributed by atoms with Crippen molar-refractivity contribution in [2.45, 2.75) is 34.1 Å². The average Bonchev–Trinajstić information content (AvgIpc) is 2.13. The van der Waals surface area contributed by atoms with E-state index >= 15 is 0 Å². The lowest BCUT2D eigenvalue weighted by Gasteiger charge is -2.33. The molecule has 0 saturated carbocycles. The lowest BCUT2D eigenvalue weighted by atomic mass is 9.77. The Hall–Kier alpha value is -1.50. The Morgan fingerprint density at radius 2 is 1.94 bits per heavy atom. The van der Waals surface area contributed by atoms with Gasteiger partial charge in [0, 0.05) is 11.4 Å². The van der Waals surface area contributed by atoms with Crippen LogP contribution in [-0.2, 0) is 0 Å². The zero-order valence-corrected chi connectivity index (χ0v) is 11.4. The summed E-state index contributed by atoms with van der Waals surface area (Å²) in [5.41, 5.74) is 4.97. The molecular formula is C16H23N. The number of rotatable bonds is 5. The van der Waals surface area contributed by atoms with Crippen LogP contribution in [-0.4, -0.2) is 0 Å². The van der Waals surface area contributed by atoms with Gasteiger partial charge in [-0.05, 0) is 42.9 Å². The van der Waals surface area contributed by atoms with Crippen LogP contribution in [0.5, 0.6) is 0 Å². The lowest BCUT2D eigenvalue weighted by molar-refractivity contribution is 0.403. The van der Waals surface area contributed by atoms with Crippen LogP contribution in [0.3, 0.4) is 0 Å². The third-order valence-electron chi connectivity index (χ3n) is 2.69. The first kappa shape index (κ1) is 13.6. The Labute approximate surface area is 105 Å². The summed E-state index contributed by atoms with van der Waals surface area (Å²) in [6, 6.07) is 0. The highest BCUT2D eigenvalue weighted by molar-refractivity contribution is 5.35. The summed E-state index contributed by atoms with van der Waals surface area (Å²) >= 11 is 0. The van der Waals surface area contributed by atoms with Crippen LogP contribution >= 0.6 is 0 Å². The monoisotopic (exact) mass is 229 g/mol. The molecule has 0 heterocycles. The molecule has 0 aliphatic heterocycles. The van der Waals surface area contributed by atoms with E-state index in [1.807, 2.05) is 6.08 Å². The fourth-order valence-corrected chi connectivity index (χ4v) is 2.04. The maximum absolute atomic E-state index is 3.87. The van der Waals surface area contributed by atoms with Crippen LogP contribution in [0.2, 0.25) is 0 Å². The highest BCUT2D eigenvalue weighted by Crippen LogP contribution is 2.36. The molecule has 0 atom stereocenters. The first-order valence-electron chi connectivity index (χ1n) is 5.99. The fourth-order valence-electron chi connectivity index (χ4n) is 2.04. The summed E-state index contributed by atoms with van der Waals surface area (Å²) in [6.45, 7) is 16.2. The molecule has 0 aromatic heterocycles. The van der Waals surface area contributed by atoms with Crippen LogP contribution in [0, 0.1) is 5.41 Å². The van der Waals surface area contributed by atoms with Gasteiger partial charge >= 0.3 is 0 Å². The van der Waals surface area contributed by atoms with E-state index in [9.17, 15) is 0 Å². The van der Waals surface area contributed by atoms with E-state index in [-0.39, 0.29) is 0 Å². The van der Waals surface area contributed by atoms with Gasteiger partial charge < -0.3 is 5.32 Å². The quantitative estimate of drug-likeness (QED) is 0.685. The van der Waals surface area contributed by atoms with Crippen LogP contribution in [0.1, 0.15) is 34.1 Å². The van der Waals surface area contributed by atoms with Crippen LogP contribution in [0.15, 0.2) is 60.0 Å². The van der Waals surface area contributed by atoms with E-state index in [1.165, 1.54) is 11.3 Å². The zero-order valence-electron chi connectivity index (χ0n) is 11.4. The number of hydrogen-bond acceptors (Lipinski definition) is 1. The van der Waals surface area contributed by atoms with Crippen molar-refractivity contribution in [3.63, 3.8) is 0 Å². The predicted octanol–water partition coefficient (Wildman–Crippen LogP) is 4.48. The molecule has 0 fully saturated rings. The van der Waals surface area contributed by atoms with E-state index in [1.54, 1.807) is 6.08 Å². The van der Waals surface area contributed by atoms with Gasteiger partial charge in [0.1, 0.15) is 0 Å². The van der Waals surface area contributed by atoms with Gasteiger partial charge in [-0.3, -0.25) is 0 Å². The van der Waals surface area contributed by atoms with Crippen molar-refractivity contribution >= 4 is 0 Å². The van der Waals surface area contributed by atoms with Gasteiger partial charge in [-0.2, -0.15) is 0 Å². The molecular weight excluding hydrogens is 206 g/mol. The molecule has 1 nitrogen and oxygen atoms in total. The molecule has 1 aliphatic rings. The maximum atomic E-state index is 3.87. The minimum Gasteiger partial charge on any atom is -0.363 e. The molecule has 0 amide bonds. The highest BCUT2D eigenvalue weighted by Gasteiger charge is 2.26. The molecule has 1 heteroatoms. The highest BCUT2D eigenvalue weighted by atomic mass is 14.9. The molecule has 0 aromatic carbocycles. The molecule has 0 unspecified atom stereocenters. The van der Waals surface area contributed by atoms with E-state index in [2.05, 4.69) is 58.3 Å². The predicted molar refractivity (Wildman–Crippen MR) is 76.5 cm³/mol. The van der Waals surface area contributed by atoms with Gasteiger partial charge in [0.25, 0.3) is 0 Å². The van der Waals surface area contributed by atoms with E-state index < -0.39 is 0 Å². The van der Waals surface area contributed by atoms with Crippen LogP contribution in [0.4, 0.5) is 0 Å². The third kappa shape index (κ3) is 4.48. The van der Waals surface area contributed by atoms with E-state index in [0.717, 1.165) is 17.7 Å². The van der Waals surface area contributed by atoms with Crippen molar-refractivity contribution in [2.75, 3.05) is 0 Å². The number of hydrogen-bond donors (Lipinski definition) is 1. The van der Waals surface area contributed by atoms with Crippen molar-refractivity contribution in [1.82, 2.24) is 5.32 Å². The van der Waals surface area contributed by atoms with Gasteiger partial charge in [0.2, 0.25) is 0 Å². The van der Waals surface area contributed by atoms with Gasteiger partial charge in [-0.25, -0.2) is 0 Å². The maximum Gasteiger partial charge on any atom is 0.0122 e. The van der Waals surface area contributed by atoms with Crippen LogP contribution < -0.4 is 5.32 Å². The average molecular weight is 229 g/mol. The van der Waals surface area contributed by atoms with Gasteiger partial charge in [0.15, 0.2) is 0 Å². The summed E-state index contributed by atoms with van der Waals surface area (Å²) < 4.78 is 0. The Kier molecular flexibility index (Phi) is 4.17. The second-order valence-corrected chi connectivity index (χ2v) is 5.45. The Balaban J connectivity index is 2.59. The zero-order chi connectivity index (χ0) is 13.1. The van der Waals surface area contributed by atoms with Crippen molar-refractivity contribution in [3.8, 4) is 0 Å². The lowest BCUT2D eigenvalue weighted by Crippen LogP contribution is -2.27. The molecule has 0 bridgehead atoms. The molecule has 1 rings (SSSR count). The minimum atomic E-state index is 0.366. The minimum absolute atomic E-state index is 0.366. The summed E-state index contributed by atoms with van der Waals surface area (Å²) in [4.78, 5) is 0. The number of allylic oxidation sites excluding steroid dienone is 8. The molecule has 1 N–H and O–H groups in total. The van der Waals surface area contributed by atoms with Crippen LogP contribution in [0.25, 0.3) is 0 Å². The first-order chi connectivity index (χ1) is 7.82. The standard InChI is InChI=1S/C16H23N/c1-7-12(2)8-13(3)9-14(4)17-15-10-16(5,6)11-15/h7-10,17H,1-2,11H2,3-6H3/b13-8-,14-9+. The first-order valence-corrected chi connectivity index (χ1v) is 5.99. The molecule has 0 spiro atoms. The molecule has 0 saturated heterocycles. The smallest absolute Gasteiger partial charge is 0.0122 e. The van der Waals surface area contributed by atoms with Crippen molar-refractivity contribution in [2.24, 2.45) is 5.41 Å². The SMILES string of the molecule is C=CC(=C)/C=C(C)\C=C(/C)NC1=CC(C)(C)C1.